The molecule has 1 saturated heterocycles. The largest absolute Gasteiger partial charge is 0.494 e. The number of rotatable bonds is 6. The molecule has 0 aromatic heterocycles. The molecule has 0 radical (unpaired) electrons. The Morgan fingerprint density at radius 2 is 1.77 bits per heavy atom. The highest BCUT2D eigenvalue weighted by atomic mass is 16.5. The van der Waals surface area contributed by atoms with Crippen LogP contribution in [0.2, 0.25) is 0 Å². The maximum absolute atomic E-state index is 9.23. The molecule has 2 fully saturated rings. The lowest BCUT2D eigenvalue weighted by molar-refractivity contribution is 0.238. The van der Waals surface area contributed by atoms with Gasteiger partial charge in [-0.1, -0.05) is 32.1 Å². The highest BCUT2D eigenvalue weighted by Gasteiger charge is 2.21. The second-order valence-electron chi connectivity index (χ2n) is 6.92. The van der Waals surface area contributed by atoms with Crippen molar-refractivity contribution in [2.24, 2.45) is 11.8 Å². The first kappa shape index (κ1) is 15.7. The number of hydrogen-bond donors (Lipinski definition) is 1. The molecule has 1 aliphatic heterocycles. The first-order chi connectivity index (χ1) is 10.8. The summed E-state index contributed by atoms with van der Waals surface area (Å²) in [7, 11) is 0. The molecule has 1 saturated carbocycles. The van der Waals surface area contributed by atoms with E-state index in [1.165, 1.54) is 44.2 Å². The summed E-state index contributed by atoms with van der Waals surface area (Å²) in [6.07, 6.45) is 9.31. The van der Waals surface area contributed by atoms with Crippen LogP contribution in [0.1, 0.15) is 44.9 Å². The van der Waals surface area contributed by atoms with Crippen LogP contribution < -0.4 is 9.64 Å². The molecule has 0 spiro atoms. The Morgan fingerprint density at radius 3 is 2.45 bits per heavy atom. The van der Waals surface area contributed by atoms with Gasteiger partial charge in [0, 0.05) is 31.3 Å². The van der Waals surface area contributed by atoms with Crippen molar-refractivity contribution >= 4 is 5.69 Å². The molecular weight excluding hydrogens is 274 g/mol. The molecule has 122 valence electrons. The molecule has 2 aliphatic rings. The van der Waals surface area contributed by atoms with Crippen LogP contribution >= 0.6 is 0 Å². The molecule has 3 heteroatoms. The topological polar surface area (TPSA) is 32.7 Å². The number of aliphatic hydroxyl groups is 1. The van der Waals surface area contributed by atoms with Gasteiger partial charge in [0.2, 0.25) is 0 Å². The van der Waals surface area contributed by atoms with Crippen molar-refractivity contribution in [1.29, 1.82) is 0 Å². The van der Waals surface area contributed by atoms with Gasteiger partial charge in [-0.2, -0.15) is 0 Å². The fourth-order valence-corrected chi connectivity index (χ4v) is 3.79. The summed E-state index contributed by atoms with van der Waals surface area (Å²) in [5, 5.41) is 9.23. The number of nitrogens with zero attached hydrogens (tertiary/aromatic N) is 1. The molecule has 1 N–H and O–H groups in total. The van der Waals surface area contributed by atoms with E-state index < -0.39 is 0 Å². The Bertz CT molecular complexity index is 439. The number of benzene rings is 1. The summed E-state index contributed by atoms with van der Waals surface area (Å²) in [5.41, 5.74) is 1.25. The SMILES string of the molecule is OCC1CCN(c2ccc(OCCC3CCCCC3)cc2)C1. The van der Waals surface area contributed by atoms with Gasteiger partial charge in [-0.15, -0.1) is 0 Å². The summed E-state index contributed by atoms with van der Waals surface area (Å²) < 4.78 is 5.91. The van der Waals surface area contributed by atoms with Crippen molar-refractivity contribution in [2.75, 3.05) is 31.2 Å². The van der Waals surface area contributed by atoms with Crippen molar-refractivity contribution in [2.45, 2.75) is 44.9 Å². The Morgan fingerprint density at radius 1 is 1.00 bits per heavy atom. The van der Waals surface area contributed by atoms with Gasteiger partial charge in [0.1, 0.15) is 5.75 Å². The van der Waals surface area contributed by atoms with Crippen LogP contribution in [0.4, 0.5) is 5.69 Å². The number of ether oxygens (including phenoxy) is 1. The fourth-order valence-electron chi connectivity index (χ4n) is 3.79. The second-order valence-corrected chi connectivity index (χ2v) is 6.92. The van der Waals surface area contributed by atoms with E-state index in [-0.39, 0.29) is 0 Å². The van der Waals surface area contributed by atoms with Crippen LogP contribution in [0.25, 0.3) is 0 Å². The summed E-state index contributed by atoms with van der Waals surface area (Å²) in [5.74, 6) is 2.30. The van der Waals surface area contributed by atoms with Gasteiger partial charge in [-0.25, -0.2) is 0 Å². The van der Waals surface area contributed by atoms with Gasteiger partial charge >= 0.3 is 0 Å². The third kappa shape index (κ3) is 4.16. The van der Waals surface area contributed by atoms with Crippen LogP contribution in [0, 0.1) is 11.8 Å². The zero-order chi connectivity index (χ0) is 15.2. The second kappa shape index (κ2) is 7.87. The lowest BCUT2D eigenvalue weighted by Crippen LogP contribution is -2.20. The maximum Gasteiger partial charge on any atom is 0.119 e. The first-order valence-corrected chi connectivity index (χ1v) is 8.94. The molecule has 1 aromatic carbocycles. The van der Waals surface area contributed by atoms with Gasteiger partial charge < -0.3 is 14.7 Å². The smallest absolute Gasteiger partial charge is 0.119 e. The van der Waals surface area contributed by atoms with E-state index in [1.807, 2.05) is 0 Å². The Balaban J connectivity index is 1.43. The third-order valence-corrected chi connectivity index (χ3v) is 5.27. The first-order valence-electron chi connectivity index (χ1n) is 8.94. The van der Waals surface area contributed by atoms with Gasteiger partial charge in [-0.3, -0.25) is 0 Å². The van der Waals surface area contributed by atoms with E-state index >= 15 is 0 Å². The quantitative estimate of drug-likeness (QED) is 0.866. The van der Waals surface area contributed by atoms with Crippen LogP contribution in [0.15, 0.2) is 24.3 Å². The molecule has 3 rings (SSSR count). The van der Waals surface area contributed by atoms with Crippen molar-refractivity contribution in [3.8, 4) is 5.75 Å². The summed E-state index contributed by atoms with van der Waals surface area (Å²) in [6, 6.07) is 8.47. The van der Waals surface area contributed by atoms with Crippen molar-refractivity contribution < 1.29 is 9.84 Å². The van der Waals surface area contributed by atoms with Crippen molar-refractivity contribution in [1.82, 2.24) is 0 Å². The van der Waals surface area contributed by atoms with Gasteiger partial charge in [0.15, 0.2) is 0 Å². The number of aliphatic hydroxyl groups excluding tert-OH is 1. The van der Waals surface area contributed by atoms with Gasteiger partial charge in [0.25, 0.3) is 0 Å². The van der Waals surface area contributed by atoms with Gasteiger partial charge in [0.05, 0.1) is 6.61 Å². The van der Waals surface area contributed by atoms with E-state index in [4.69, 9.17) is 4.74 Å². The van der Waals surface area contributed by atoms with E-state index in [9.17, 15) is 5.11 Å². The molecule has 3 nitrogen and oxygen atoms in total. The molecule has 1 unspecified atom stereocenters. The van der Waals surface area contributed by atoms with Crippen molar-refractivity contribution in [3.63, 3.8) is 0 Å². The average Bonchev–Trinajstić information content (AvgIpc) is 3.06. The van der Waals surface area contributed by atoms with Crippen LogP contribution in [0.3, 0.4) is 0 Å². The minimum atomic E-state index is 0.304. The van der Waals surface area contributed by atoms with Crippen molar-refractivity contribution in [3.05, 3.63) is 24.3 Å². The van der Waals surface area contributed by atoms with Crippen LogP contribution in [-0.2, 0) is 0 Å². The number of anilines is 1. The highest BCUT2D eigenvalue weighted by Crippen LogP contribution is 2.28. The normalized spacial score (nSPS) is 23.0. The summed E-state index contributed by atoms with van der Waals surface area (Å²) in [6.45, 7) is 3.17. The van der Waals surface area contributed by atoms with Gasteiger partial charge in [-0.05, 0) is 43.0 Å². The summed E-state index contributed by atoms with van der Waals surface area (Å²) in [4.78, 5) is 2.35. The third-order valence-electron chi connectivity index (χ3n) is 5.27. The molecule has 1 heterocycles. The molecule has 22 heavy (non-hydrogen) atoms. The van der Waals surface area contributed by atoms with Crippen LogP contribution in [0.5, 0.6) is 5.75 Å². The zero-order valence-electron chi connectivity index (χ0n) is 13.5. The standard InChI is InChI=1S/C19H29NO2/c21-15-17-10-12-20(14-17)18-6-8-19(9-7-18)22-13-11-16-4-2-1-3-5-16/h6-9,16-17,21H,1-5,10-15H2. The van der Waals surface area contributed by atoms with Crippen LogP contribution in [-0.4, -0.2) is 31.4 Å². The molecular formula is C19H29NO2. The minimum absolute atomic E-state index is 0.304. The predicted molar refractivity (Wildman–Crippen MR) is 90.5 cm³/mol. The lowest BCUT2D eigenvalue weighted by Gasteiger charge is -2.21. The Kier molecular flexibility index (Phi) is 5.60. The molecule has 1 atom stereocenters. The Hall–Kier alpha value is -1.22. The fraction of sp³-hybridized carbons (Fsp3) is 0.684. The van der Waals surface area contributed by atoms with E-state index in [1.54, 1.807) is 0 Å². The zero-order valence-corrected chi connectivity index (χ0v) is 13.5. The highest BCUT2D eigenvalue weighted by molar-refractivity contribution is 5.49. The maximum atomic E-state index is 9.23. The Labute approximate surface area is 134 Å². The van der Waals surface area contributed by atoms with E-state index in [0.29, 0.717) is 12.5 Å². The van der Waals surface area contributed by atoms with E-state index in [0.717, 1.165) is 37.8 Å². The predicted octanol–water partition coefficient (Wildman–Crippen LogP) is 3.85. The number of hydrogen-bond acceptors (Lipinski definition) is 3. The lowest BCUT2D eigenvalue weighted by atomic mass is 9.87. The molecule has 1 aromatic rings. The average molecular weight is 303 g/mol. The van der Waals surface area contributed by atoms with E-state index in [2.05, 4.69) is 29.2 Å². The molecule has 0 bridgehead atoms. The molecule has 0 amide bonds. The minimum Gasteiger partial charge on any atom is -0.494 e. The molecule has 1 aliphatic carbocycles. The monoisotopic (exact) mass is 303 g/mol. The summed E-state index contributed by atoms with van der Waals surface area (Å²) >= 11 is 0.